The number of carbonyl (C=O) groups is 1. The van der Waals surface area contributed by atoms with E-state index in [1.165, 1.54) is 11.1 Å². The molecule has 4 aromatic rings. The number of amides is 1. The van der Waals surface area contributed by atoms with E-state index in [1.807, 2.05) is 60.7 Å². The molecule has 248 valence electrons. The van der Waals surface area contributed by atoms with Gasteiger partial charge in [-0.25, -0.2) is 0 Å². The van der Waals surface area contributed by atoms with Crippen LogP contribution in [-0.4, -0.2) is 48.8 Å². The number of fused-ring (bicyclic) bond motifs is 1. The molecular formula is C40H48N2O5. The molecule has 4 aromatic carbocycles. The van der Waals surface area contributed by atoms with Gasteiger partial charge in [0.25, 0.3) is 5.91 Å². The third-order valence-corrected chi connectivity index (χ3v) is 8.40. The lowest BCUT2D eigenvalue weighted by Gasteiger charge is -2.29. The fraction of sp³-hybridized carbons (Fsp3) is 0.375. The Morgan fingerprint density at radius 2 is 1.38 bits per heavy atom. The Balaban J connectivity index is 1.10. The predicted octanol–water partition coefficient (Wildman–Crippen LogP) is 7.73. The quantitative estimate of drug-likeness (QED) is 0.0967. The second kappa shape index (κ2) is 18.8. The van der Waals surface area contributed by atoms with Gasteiger partial charge in [0.15, 0.2) is 12.4 Å². The fourth-order valence-corrected chi connectivity index (χ4v) is 5.88. The summed E-state index contributed by atoms with van der Waals surface area (Å²) >= 11 is 0. The summed E-state index contributed by atoms with van der Waals surface area (Å²) in [6.07, 6.45) is 6.88. The minimum absolute atomic E-state index is 0.0972. The van der Waals surface area contributed by atoms with E-state index < -0.39 is 6.10 Å². The molecule has 0 bridgehead atoms. The van der Waals surface area contributed by atoms with Crippen molar-refractivity contribution in [1.82, 2.24) is 4.90 Å². The van der Waals surface area contributed by atoms with Gasteiger partial charge in [0, 0.05) is 31.9 Å². The third-order valence-electron chi connectivity index (χ3n) is 8.40. The maximum Gasteiger partial charge on any atom is 0.262 e. The van der Waals surface area contributed by atoms with Gasteiger partial charge in [-0.15, -0.1) is 0 Å². The first-order chi connectivity index (χ1) is 23.2. The lowest BCUT2D eigenvalue weighted by atomic mass is 10.0. The first-order valence-corrected chi connectivity index (χ1v) is 17.0. The van der Waals surface area contributed by atoms with Crippen molar-refractivity contribution in [2.75, 3.05) is 38.2 Å². The number of anilines is 1. The van der Waals surface area contributed by atoms with Gasteiger partial charge in [-0.1, -0.05) is 104 Å². The van der Waals surface area contributed by atoms with E-state index in [2.05, 4.69) is 52.7 Å². The van der Waals surface area contributed by atoms with Gasteiger partial charge < -0.3 is 24.6 Å². The van der Waals surface area contributed by atoms with E-state index in [9.17, 15) is 9.90 Å². The first-order valence-electron chi connectivity index (χ1n) is 17.0. The standard InChI is InChI=1S/C40H48N2O5/c43-36(35-23-24-37(39-40(35)47-31-38(44)41-39)46-30-34-21-10-5-11-22-34)29-42(28-33-19-8-4-9-20-33)25-13-1-2-14-26-45-27-15-12-18-32-16-6-3-7-17-32/h3-11,16-17,19-24,36,43H,1-2,12-15,18,25-31H2,(H,41,44). The topological polar surface area (TPSA) is 80.3 Å². The SMILES string of the molecule is O=C1COc2c(C(O)CN(CCCCCCOCCCCc3ccccc3)Cc3ccccc3)ccc(OCc3ccccc3)c2N1. The molecule has 7 nitrogen and oxygen atoms in total. The smallest absolute Gasteiger partial charge is 0.262 e. The molecule has 0 radical (unpaired) electrons. The van der Waals surface area contributed by atoms with Crippen LogP contribution in [0.1, 0.15) is 66.9 Å². The second-order valence-electron chi connectivity index (χ2n) is 12.2. The molecule has 1 heterocycles. The Morgan fingerprint density at radius 1 is 0.745 bits per heavy atom. The average molecular weight is 637 g/mol. The van der Waals surface area contributed by atoms with Crippen LogP contribution in [0.3, 0.4) is 0 Å². The summed E-state index contributed by atoms with van der Waals surface area (Å²) in [5.41, 5.74) is 4.74. The van der Waals surface area contributed by atoms with Crippen molar-refractivity contribution in [2.45, 2.75) is 64.2 Å². The zero-order valence-corrected chi connectivity index (χ0v) is 27.3. The van der Waals surface area contributed by atoms with Crippen molar-refractivity contribution in [3.05, 3.63) is 125 Å². The Morgan fingerprint density at radius 3 is 2.11 bits per heavy atom. The van der Waals surface area contributed by atoms with Crippen molar-refractivity contribution in [1.29, 1.82) is 0 Å². The van der Waals surface area contributed by atoms with Gasteiger partial charge in [0.1, 0.15) is 18.0 Å². The van der Waals surface area contributed by atoms with E-state index in [1.54, 1.807) is 0 Å². The fourth-order valence-electron chi connectivity index (χ4n) is 5.88. The van der Waals surface area contributed by atoms with Crippen molar-refractivity contribution in [3.63, 3.8) is 0 Å². The number of aliphatic hydroxyl groups is 1. The lowest BCUT2D eigenvalue weighted by molar-refractivity contribution is -0.118. The predicted molar refractivity (Wildman–Crippen MR) is 187 cm³/mol. The second-order valence-corrected chi connectivity index (χ2v) is 12.2. The molecule has 1 amide bonds. The Bertz CT molecular complexity index is 1480. The number of rotatable bonds is 20. The summed E-state index contributed by atoms with van der Waals surface area (Å²) in [6, 6.07) is 34.5. The van der Waals surface area contributed by atoms with Gasteiger partial charge in [0.2, 0.25) is 0 Å². The van der Waals surface area contributed by atoms with Crippen LogP contribution in [0.5, 0.6) is 11.5 Å². The van der Waals surface area contributed by atoms with Crippen LogP contribution in [0.25, 0.3) is 0 Å². The molecule has 0 fully saturated rings. The first kappa shape index (κ1) is 34.2. The van der Waals surface area contributed by atoms with Crippen LogP contribution >= 0.6 is 0 Å². The van der Waals surface area contributed by atoms with Crippen molar-refractivity contribution in [2.24, 2.45) is 0 Å². The molecule has 0 spiro atoms. The highest BCUT2D eigenvalue weighted by atomic mass is 16.5. The molecule has 1 unspecified atom stereocenters. The van der Waals surface area contributed by atoms with E-state index in [4.69, 9.17) is 14.2 Å². The number of ether oxygens (including phenoxy) is 3. The summed E-state index contributed by atoms with van der Waals surface area (Å²) in [5.74, 6) is 0.750. The Labute approximate surface area is 279 Å². The molecule has 0 aromatic heterocycles. The Hall–Kier alpha value is -4.17. The molecule has 0 saturated heterocycles. The van der Waals surface area contributed by atoms with Crippen LogP contribution in [0.15, 0.2) is 103 Å². The van der Waals surface area contributed by atoms with Crippen LogP contribution < -0.4 is 14.8 Å². The molecular weight excluding hydrogens is 588 g/mol. The number of aryl methyl sites for hydroxylation is 1. The van der Waals surface area contributed by atoms with E-state index in [0.717, 1.165) is 76.8 Å². The summed E-state index contributed by atoms with van der Waals surface area (Å²) < 4.78 is 17.8. The highest BCUT2D eigenvalue weighted by molar-refractivity contribution is 5.97. The zero-order valence-electron chi connectivity index (χ0n) is 27.3. The monoisotopic (exact) mass is 636 g/mol. The van der Waals surface area contributed by atoms with Gasteiger partial charge in [-0.2, -0.15) is 0 Å². The molecule has 0 aliphatic carbocycles. The molecule has 5 rings (SSSR count). The minimum atomic E-state index is -0.805. The lowest BCUT2D eigenvalue weighted by Crippen LogP contribution is -2.31. The van der Waals surface area contributed by atoms with Crippen LogP contribution in [-0.2, 0) is 29.1 Å². The molecule has 47 heavy (non-hydrogen) atoms. The highest BCUT2D eigenvalue weighted by Gasteiger charge is 2.27. The average Bonchev–Trinajstić information content (AvgIpc) is 3.10. The van der Waals surface area contributed by atoms with Gasteiger partial charge in [-0.05, 0) is 67.5 Å². The maximum absolute atomic E-state index is 12.3. The van der Waals surface area contributed by atoms with Crippen LogP contribution in [0.4, 0.5) is 5.69 Å². The Kier molecular flexibility index (Phi) is 13.7. The maximum atomic E-state index is 12.3. The summed E-state index contributed by atoms with van der Waals surface area (Å²) in [7, 11) is 0. The van der Waals surface area contributed by atoms with E-state index in [-0.39, 0.29) is 12.5 Å². The third kappa shape index (κ3) is 11.2. The van der Waals surface area contributed by atoms with Gasteiger partial charge >= 0.3 is 0 Å². The molecule has 0 saturated carbocycles. The number of unbranched alkanes of at least 4 members (excludes halogenated alkanes) is 4. The molecule has 1 aliphatic heterocycles. The summed E-state index contributed by atoms with van der Waals surface area (Å²) in [5, 5.41) is 14.4. The highest BCUT2D eigenvalue weighted by Crippen LogP contribution is 2.42. The minimum Gasteiger partial charge on any atom is -0.487 e. The molecule has 2 N–H and O–H groups in total. The number of benzene rings is 4. The summed E-state index contributed by atoms with van der Waals surface area (Å²) in [6.45, 7) is 3.94. The number of carbonyl (C=O) groups excluding carboxylic acids is 1. The largest absolute Gasteiger partial charge is 0.487 e. The van der Waals surface area contributed by atoms with Crippen LogP contribution in [0, 0.1) is 0 Å². The molecule has 1 aliphatic rings. The molecule has 7 heteroatoms. The number of hydrogen-bond acceptors (Lipinski definition) is 6. The van der Waals surface area contributed by atoms with E-state index >= 15 is 0 Å². The number of nitrogens with zero attached hydrogens (tertiary/aromatic N) is 1. The zero-order chi connectivity index (χ0) is 32.5. The molecule has 1 atom stereocenters. The van der Waals surface area contributed by atoms with E-state index in [0.29, 0.717) is 35.9 Å². The number of hydrogen-bond donors (Lipinski definition) is 2. The van der Waals surface area contributed by atoms with Crippen molar-refractivity contribution >= 4 is 11.6 Å². The number of aliphatic hydroxyl groups excluding tert-OH is 1. The number of nitrogens with one attached hydrogen (secondary N) is 1. The normalized spacial score (nSPS) is 13.1. The van der Waals surface area contributed by atoms with Crippen molar-refractivity contribution in [3.8, 4) is 11.5 Å². The van der Waals surface area contributed by atoms with Gasteiger partial charge in [-0.3, -0.25) is 9.69 Å². The van der Waals surface area contributed by atoms with Crippen LogP contribution in [0.2, 0.25) is 0 Å². The van der Waals surface area contributed by atoms with Gasteiger partial charge in [0.05, 0.1) is 6.10 Å². The van der Waals surface area contributed by atoms with Crippen molar-refractivity contribution < 1.29 is 24.1 Å². The summed E-state index contributed by atoms with van der Waals surface area (Å²) in [4.78, 5) is 14.6.